The lowest BCUT2D eigenvalue weighted by molar-refractivity contribution is 0.0697. The molecule has 0 atom stereocenters. The number of aromatic carboxylic acids is 1. The maximum atomic E-state index is 13.0. The summed E-state index contributed by atoms with van der Waals surface area (Å²) in [6, 6.07) is 3.79. The van der Waals surface area contributed by atoms with Crippen molar-refractivity contribution in [1.29, 1.82) is 0 Å². The summed E-state index contributed by atoms with van der Waals surface area (Å²) in [6.07, 6.45) is 0. The minimum atomic E-state index is -1.11. The molecule has 4 nitrogen and oxygen atoms in total. The maximum Gasteiger partial charge on any atom is 0.337 e. The molecule has 1 saturated heterocycles. The van der Waals surface area contributed by atoms with Crippen LogP contribution in [-0.4, -0.2) is 53.7 Å². The second kappa shape index (κ2) is 6.77. The van der Waals surface area contributed by atoms with Gasteiger partial charge < -0.3 is 10.4 Å². The molecule has 2 N–H and O–H groups in total. The van der Waals surface area contributed by atoms with E-state index in [1.165, 1.54) is 12.1 Å². The molecule has 0 aromatic heterocycles. The maximum absolute atomic E-state index is 13.0. The second-order valence-corrected chi connectivity index (χ2v) is 5.60. The minimum Gasteiger partial charge on any atom is -0.478 e. The van der Waals surface area contributed by atoms with Crippen molar-refractivity contribution in [3.05, 3.63) is 29.6 Å². The first kappa shape index (κ1) is 14.1. The highest BCUT2D eigenvalue weighted by molar-refractivity contribution is 7.99. The lowest BCUT2D eigenvalue weighted by Crippen LogP contribution is -2.36. The smallest absolute Gasteiger partial charge is 0.337 e. The Morgan fingerprint density at radius 1 is 1.42 bits per heavy atom. The van der Waals surface area contributed by atoms with E-state index in [-0.39, 0.29) is 5.56 Å². The van der Waals surface area contributed by atoms with Gasteiger partial charge in [-0.3, -0.25) is 4.90 Å². The number of hydrogen-bond acceptors (Lipinski definition) is 4. The summed E-state index contributed by atoms with van der Waals surface area (Å²) < 4.78 is 13.0. The molecule has 0 amide bonds. The quantitative estimate of drug-likeness (QED) is 0.866. The van der Waals surface area contributed by atoms with E-state index in [4.69, 9.17) is 5.11 Å². The monoisotopic (exact) mass is 284 g/mol. The van der Waals surface area contributed by atoms with Crippen molar-refractivity contribution in [2.45, 2.75) is 0 Å². The van der Waals surface area contributed by atoms with Crippen molar-refractivity contribution in [1.82, 2.24) is 4.90 Å². The summed E-state index contributed by atoms with van der Waals surface area (Å²) in [7, 11) is 0. The second-order valence-electron chi connectivity index (χ2n) is 4.38. The van der Waals surface area contributed by atoms with Gasteiger partial charge in [0.15, 0.2) is 0 Å². The SMILES string of the molecule is O=C(O)c1cc(F)ccc1NCCN1CCSCC1. The summed E-state index contributed by atoms with van der Waals surface area (Å²) in [4.78, 5) is 13.4. The van der Waals surface area contributed by atoms with E-state index in [0.29, 0.717) is 12.2 Å². The van der Waals surface area contributed by atoms with Gasteiger partial charge in [0.1, 0.15) is 5.82 Å². The fraction of sp³-hybridized carbons (Fsp3) is 0.462. The summed E-state index contributed by atoms with van der Waals surface area (Å²) >= 11 is 1.96. The molecule has 0 saturated carbocycles. The van der Waals surface area contributed by atoms with Gasteiger partial charge in [-0.05, 0) is 18.2 Å². The lowest BCUT2D eigenvalue weighted by atomic mass is 10.1. The van der Waals surface area contributed by atoms with Gasteiger partial charge >= 0.3 is 5.97 Å². The first-order valence-electron chi connectivity index (χ1n) is 6.23. The van der Waals surface area contributed by atoms with Gasteiger partial charge in [0.2, 0.25) is 0 Å². The van der Waals surface area contributed by atoms with Crippen LogP contribution >= 0.6 is 11.8 Å². The minimum absolute atomic E-state index is 0.0193. The van der Waals surface area contributed by atoms with Crippen LogP contribution in [0.25, 0.3) is 0 Å². The van der Waals surface area contributed by atoms with Gasteiger partial charge in [-0.1, -0.05) is 0 Å². The highest BCUT2D eigenvalue weighted by Gasteiger charge is 2.12. The molecule has 0 radical (unpaired) electrons. The number of thioether (sulfide) groups is 1. The molecule has 2 rings (SSSR count). The van der Waals surface area contributed by atoms with Crippen LogP contribution in [0.2, 0.25) is 0 Å². The largest absolute Gasteiger partial charge is 0.478 e. The van der Waals surface area contributed by atoms with E-state index in [2.05, 4.69) is 10.2 Å². The third-order valence-corrected chi connectivity index (χ3v) is 4.00. The Labute approximate surface area is 116 Å². The molecule has 104 valence electrons. The Morgan fingerprint density at radius 2 is 2.16 bits per heavy atom. The predicted molar refractivity (Wildman–Crippen MR) is 75.6 cm³/mol. The van der Waals surface area contributed by atoms with Crippen LogP contribution in [0.3, 0.4) is 0 Å². The van der Waals surface area contributed by atoms with Crippen molar-refractivity contribution < 1.29 is 14.3 Å². The molecule has 1 aromatic rings. The third-order valence-electron chi connectivity index (χ3n) is 3.06. The molecule has 0 bridgehead atoms. The van der Waals surface area contributed by atoms with Crippen molar-refractivity contribution in [2.24, 2.45) is 0 Å². The first-order valence-corrected chi connectivity index (χ1v) is 7.39. The average Bonchev–Trinajstić information content (AvgIpc) is 2.41. The number of nitrogens with zero attached hydrogens (tertiary/aromatic N) is 1. The molecule has 0 unspecified atom stereocenters. The Morgan fingerprint density at radius 3 is 2.84 bits per heavy atom. The van der Waals surface area contributed by atoms with Gasteiger partial charge in [-0.2, -0.15) is 11.8 Å². The van der Waals surface area contributed by atoms with E-state index in [1.54, 1.807) is 0 Å². The number of carbonyl (C=O) groups is 1. The van der Waals surface area contributed by atoms with Crippen molar-refractivity contribution in [3.8, 4) is 0 Å². The van der Waals surface area contributed by atoms with Crippen molar-refractivity contribution in [3.63, 3.8) is 0 Å². The van der Waals surface area contributed by atoms with Crippen LogP contribution in [0.5, 0.6) is 0 Å². The summed E-state index contributed by atoms with van der Waals surface area (Å²) in [6.45, 7) is 3.68. The summed E-state index contributed by atoms with van der Waals surface area (Å²) in [5, 5.41) is 12.1. The molecule has 6 heteroatoms. The van der Waals surface area contributed by atoms with E-state index in [0.717, 1.165) is 37.2 Å². The number of rotatable bonds is 5. The zero-order valence-corrected chi connectivity index (χ0v) is 11.4. The normalized spacial score (nSPS) is 16.3. The Hall–Kier alpha value is -1.27. The van der Waals surface area contributed by atoms with Gasteiger partial charge in [-0.25, -0.2) is 9.18 Å². The number of halogens is 1. The molecule has 1 fully saturated rings. The standard InChI is InChI=1S/C13H17FN2O2S/c14-10-1-2-12(11(9-10)13(17)18)15-3-4-16-5-7-19-8-6-16/h1-2,9,15H,3-8H2,(H,17,18). The molecular weight excluding hydrogens is 267 g/mol. The van der Waals surface area contributed by atoms with Gasteiger partial charge in [0, 0.05) is 43.4 Å². The average molecular weight is 284 g/mol. The Kier molecular flexibility index (Phi) is 5.04. The molecule has 0 spiro atoms. The molecule has 0 aliphatic carbocycles. The van der Waals surface area contributed by atoms with Gasteiger partial charge in [0.05, 0.1) is 5.56 Å². The highest BCUT2D eigenvalue weighted by Crippen LogP contribution is 2.17. The zero-order valence-electron chi connectivity index (χ0n) is 10.6. The van der Waals surface area contributed by atoms with E-state index in [9.17, 15) is 9.18 Å². The van der Waals surface area contributed by atoms with E-state index < -0.39 is 11.8 Å². The summed E-state index contributed by atoms with van der Waals surface area (Å²) in [5.41, 5.74) is 0.453. The Balaban J connectivity index is 1.89. The number of carboxylic acids is 1. The fourth-order valence-corrected chi connectivity index (χ4v) is 3.00. The molecule has 1 aliphatic rings. The number of hydrogen-bond donors (Lipinski definition) is 2. The molecule has 1 heterocycles. The molecular formula is C13H17FN2O2S. The van der Waals surface area contributed by atoms with Crippen LogP contribution in [0.1, 0.15) is 10.4 Å². The highest BCUT2D eigenvalue weighted by atomic mass is 32.2. The topological polar surface area (TPSA) is 52.6 Å². The van der Waals surface area contributed by atoms with Crippen molar-refractivity contribution >= 4 is 23.4 Å². The first-order chi connectivity index (χ1) is 9.16. The van der Waals surface area contributed by atoms with Crippen LogP contribution in [0, 0.1) is 5.82 Å². The number of anilines is 1. The van der Waals surface area contributed by atoms with Gasteiger partial charge in [-0.15, -0.1) is 0 Å². The van der Waals surface area contributed by atoms with Crippen LogP contribution in [0.4, 0.5) is 10.1 Å². The fourth-order valence-electron chi connectivity index (χ4n) is 2.02. The van der Waals surface area contributed by atoms with Crippen LogP contribution in [0.15, 0.2) is 18.2 Å². The molecule has 1 aliphatic heterocycles. The van der Waals surface area contributed by atoms with E-state index in [1.807, 2.05) is 11.8 Å². The van der Waals surface area contributed by atoms with Gasteiger partial charge in [0.25, 0.3) is 0 Å². The summed E-state index contributed by atoms with van der Waals surface area (Å²) in [5.74, 6) is 0.654. The predicted octanol–water partition coefficient (Wildman–Crippen LogP) is 1.98. The third kappa shape index (κ3) is 4.11. The number of benzene rings is 1. The molecule has 1 aromatic carbocycles. The van der Waals surface area contributed by atoms with Crippen LogP contribution in [-0.2, 0) is 0 Å². The Bertz CT molecular complexity index is 450. The number of carboxylic acid groups (broad SMARTS) is 1. The molecule has 19 heavy (non-hydrogen) atoms. The number of nitrogens with one attached hydrogen (secondary N) is 1. The van der Waals surface area contributed by atoms with E-state index >= 15 is 0 Å². The van der Waals surface area contributed by atoms with Crippen LogP contribution < -0.4 is 5.32 Å². The zero-order chi connectivity index (χ0) is 13.7. The lowest BCUT2D eigenvalue weighted by Gasteiger charge is -2.26. The van der Waals surface area contributed by atoms with Crippen molar-refractivity contribution in [2.75, 3.05) is 43.0 Å².